The Bertz CT molecular complexity index is 1010. The molecule has 0 aliphatic rings. The summed E-state index contributed by atoms with van der Waals surface area (Å²) < 4.78 is 47.9. The molecular weight excluding hydrogens is 384 g/mol. The molecule has 1 unspecified atom stereocenters. The number of hydrogen-bond donors (Lipinski definition) is 2. The first-order chi connectivity index (χ1) is 13.4. The van der Waals surface area contributed by atoms with Gasteiger partial charge in [0.2, 0.25) is 9.84 Å². The van der Waals surface area contributed by atoms with E-state index in [1.807, 2.05) is 54.6 Å². The topological polar surface area (TPSA) is 66.4 Å². The van der Waals surface area contributed by atoms with E-state index in [0.29, 0.717) is 5.69 Å². The van der Waals surface area contributed by atoms with E-state index in [9.17, 15) is 22.3 Å². The van der Waals surface area contributed by atoms with Crippen LogP contribution >= 0.6 is 0 Å². The number of halogens is 2. The summed E-state index contributed by atoms with van der Waals surface area (Å²) in [6, 6.07) is 22.4. The molecule has 0 saturated carbocycles. The van der Waals surface area contributed by atoms with Gasteiger partial charge in [0.1, 0.15) is 0 Å². The molecule has 28 heavy (non-hydrogen) atoms. The Labute approximate surface area is 162 Å². The van der Waals surface area contributed by atoms with Gasteiger partial charge in [0.15, 0.2) is 0 Å². The van der Waals surface area contributed by atoms with E-state index in [1.165, 1.54) is 12.1 Å². The van der Waals surface area contributed by atoms with Crippen LogP contribution in [0.5, 0.6) is 0 Å². The van der Waals surface area contributed by atoms with Gasteiger partial charge in [-0.1, -0.05) is 54.6 Å². The van der Waals surface area contributed by atoms with Crippen LogP contribution in [0.25, 0.3) is 11.1 Å². The van der Waals surface area contributed by atoms with Crippen LogP contribution in [0.15, 0.2) is 83.8 Å². The number of aliphatic hydroxyl groups is 1. The lowest BCUT2D eigenvalue weighted by Crippen LogP contribution is -2.13. The summed E-state index contributed by atoms with van der Waals surface area (Å²) in [6.07, 6.45) is -0.783. The Balaban J connectivity index is 1.62. The van der Waals surface area contributed by atoms with Gasteiger partial charge in [0, 0.05) is 12.2 Å². The van der Waals surface area contributed by atoms with Gasteiger partial charge in [0.25, 0.3) is 0 Å². The monoisotopic (exact) mass is 403 g/mol. The molecule has 3 rings (SSSR count). The van der Waals surface area contributed by atoms with Crippen molar-refractivity contribution in [2.45, 2.75) is 16.8 Å². The van der Waals surface area contributed by atoms with Crippen LogP contribution in [0.3, 0.4) is 0 Å². The molecule has 4 nitrogen and oxygen atoms in total. The van der Waals surface area contributed by atoms with Crippen molar-refractivity contribution in [1.29, 1.82) is 0 Å². The summed E-state index contributed by atoms with van der Waals surface area (Å²) in [6.45, 7) is 0.186. The van der Waals surface area contributed by atoms with Crippen molar-refractivity contribution >= 4 is 15.5 Å². The standard InChI is InChI=1S/C21H19F2NO3S/c22-21(23)28(26,27)19-12-10-18(11-13-19)24-14-20(25)17-8-6-16(7-9-17)15-4-2-1-3-5-15/h1-13,20-21,24-25H,14H2. The summed E-state index contributed by atoms with van der Waals surface area (Å²) in [7, 11) is -4.61. The summed E-state index contributed by atoms with van der Waals surface area (Å²) in [5.41, 5.74) is 3.37. The maximum atomic E-state index is 12.5. The number of hydrogen-bond acceptors (Lipinski definition) is 4. The molecule has 3 aromatic rings. The summed E-state index contributed by atoms with van der Waals surface area (Å²) in [4.78, 5) is -0.440. The van der Waals surface area contributed by atoms with Crippen molar-refractivity contribution in [3.63, 3.8) is 0 Å². The van der Waals surface area contributed by atoms with Crippen molar-refractivity contribution in [3.8, 4) is 11.1 Å². The second-order valence-electron chi connectivity index (χ2n) is 6.21. The van der Waals surface area contributed by atoms with E-state index in [-0.39, 0.29) is 6.54 Å². The van der Waals surface area contributed by atoms with Crippen LogP contribution in [0.2, 0.25) is 0 Å². The molecule has 0 fully saturated rings. The normalized spacial score (nSPS) is 12.7. The highest BCUT2D eigenvalue weighted by atomic mass is 32.2. The number of anilines is 1. The second kappa shape index (κ2) is 8.50. The fraction of sp³-hybridized carbons (Fsp3) is 0.143. The summed E-state index contributed by atoms with van der Waals surface area (Å²) in [5.74, 6) is -3.45. The van der Waals surface area contributed by atoms with E-state index in [1.54, 1.807) is 0 Å². The first-order valence-electron chi connectivity index (χ1n) is 8.57. The quantitative estimate of drug-likeness (QED) is 0.610. The third-order valence-electron chi connectivity index (χ3n) is 4.32. The van der Waals surface area contributed by atoms with Crippen LogP contribution in [0.4, 0.5) is 14.5 Å². The lowest BCUT2D eigenvalue weighted by atomic mass is 10.0. The fourth-order valence-electron chi connectivity index (χ4n) is 2.73. The van der Waals surface area contributed by atoms with Gasteiger partial charge in [-0.25, -0.2) is 8.42 Å². The van der Waals surface area contributed by atoms with Crippen molar-refractivity contribution in [1.82, 2.24) is 0 Å². The molecule has 0 saturated heterocycles. The maximum Gasteiger partial charge on any atom is 0.341 e. The van der Waals surface area contributed by atoms with Gasteiger partial charge in [0.05, 0.1) is 11.0 Å². The zero-order valence-corrected chi connectivity index (χ0v) is 15.6. The van der Waals surface area contributed by atoms with E-state index < -0.39 is 26.6 Å². The Morgan fingerprint density at radius 2 is 1.39 bits per heavy atom. The van der Waals surface area contributed by atoms with Crippen molar-refractivity contribution in [2.24, 2.45) is 0 Å². The Morgan fingerprint density at radius 3 is 1.96 bits per heavy atom. The zero-order valence-electron chi connectivity index (χ0n) is 14.8. The van der Waals surface area contributed by atoms with E-state index >= 15 is 0 Å². The molecule has 2 N–H and O–H groups in total. The fourth-order valence-corrected chi connectivity index (χ4v) is 3.45. The first kappa shape index (κ1) is 20.0. The van der Waals surface area contributed by atoms with Gasteiger partial charge >= 0.3 is 5.76 Å². The minimum atomic E-state index is -4.61. The lowest BCUT2D eigenvalue weighted by molar-refractivity contribution is 0.191. The molecule has 0 radical (unpaired) electrons. The highest BCUT2D eigenvalue weighted by Crippen LogP contribution is 2.23. The number of benzene rings is 3. The maximum absolute atomic E-state index is 12.5. The second-order valence-corrected chi connectivity index (χ2v) is 8.13. The van der Waals surface area contributed by atoms with Gasteiger partial charge < -0.3 is 10.4 Å². The summed E-state index contributed by atoms with van der Waals surface area (Å²) >= 11 is 0. The van der Waals surface area contributed by atoms with Gasteiger partial charge in [-0.2, -0.15) is 8.78 Å². The predicted octanol–water partition coefficient (Wildman–Crippen LogP) is 4.50. The highest BCUT2D eigenvalue weighted by Gasteiger charge is 2.26. The third-order valence-corrected chi connectivity index (χ3v) is 5.72. The first-order valence-corrected chi connectivity index (χ1v) is 10.1. The molecule has 1 atom stereocenters. The van der Waals surface area contributed by atoms with E-state index in [0.717, 1.165) is 28.8 Å². The van der Waals surface area contributed by atoms with Crippen LogP contribution in [-0.2, 0) is 9.84 Å². The molecule has 0 aliphatic heterocycles. The lowest BCUT2D eigenvalue weighted by Gasteiger charge is -2.14. The molecule has 146 valence electrons. The van der Waals surface area contributed by atoms with Crippen LogP contribution in [-0.4, -0.2) is 25.8 Å². The number of alkyl halides is 2. The SMILES string of the molecule is O=S(=O)(c1ccc(NCC(O)c2ccc(-c3ccccc3)cc2)cc1)C(F)F. The van der Waals surface area contributed by atoms with Crippen molar-refractivity contribution in [3.05, 3.63) is 84.4 Å². The zero-order chi connectivity index (χ0) is 20.1. The minimum Gasteiger partial charge on any atom is -0.387 e. The molecule has 0 bridgehead atoms. The van der Waals surface area contributed by atoms with Gasteiger partial charge in [-0.3, -0.25) is 0 Å². The van der Waals surface area contributed by atoms with Crippen molar-refractivity contribution in [2.75, 3.05) is 11.9 Å². The molecule has 3 aromatic carbocycles. The average Bonchev–Trinajstić information content (AvgIpc) is 2.73. The molecule has 0 spiro atoms. The molecule has 7 heteroatoms. The predicted molar refractivity (Wildman–Crippen MR) is 105 cm³/mol. The minimum absolute atomic E-state index is 0.186. The number of aliphatic hydroxyl groups excluding tert-OH is 1. The molecule has 0 heterocycles. The average molecular weight is 403 g/mol. The number of sulfone groups is 1. The van der Waals surface area contributed by atoms with E-state index in [4.69, 9.17) is 0 Å². The van der Waals surface area contributed by atoms with Crippen molar-refractivity contribution < 1.29 is 22.3 Å². The molecular formula is C21H19F2NO3S. The Kier molecular flexibility index (Phi) is 6.06. The molecule has 0 aromatic heterocycles. The van der Waals surface area contributed by atoms with Gasteiger partial charge in [-0.15, -0.1) is 0 Å². The largest absolute Gasteiger partial charge is 0.387 e. The number of nitrogens with one attached hydrogen (secondary N) is 1. The van der Waals surface area contributed by atoms with Gasteiger partial charge in [-0.05, 0) is 41.0 Å². The highest BCUT2D eigenvalue weighted by molar-refractivity contribution is 7.91. The number of rotatable bonds is 7. The van der Waals surface area contributed by atoms with Crippen LogP contribution in [0, 0.1) is 0 Å². The molecule has 0 amide bonds. The third kappa shape index (κ3) is 4.55. The Hall–Kier alpha value is -2.77. The summed E-state index contributed by atoms with van der Waals surface area (Å²) in [5, 5.41) is 13.3. The van der Waals surface area contributed by atoms with Crippen LogP contribution < -0.4 is 5.32 Å². The Morgan fingerprint density at radius 1 is 0.821 bits per heavy atom. The van der Waals surface area contributed by atoms with Crippen LogP contribution in [0.1, 0.15) is 11.7 Å². The smallest absolute Gasteiger partial charge is 0.341 e. The van der Waals surface area contributed by atoms with E-state index in [2.05, 4.69) is 5.32 Å². The molecule has 0 aliphatic carbocycles.